The van der Waals surface area contributed by atoms with Gasteiger partial charge in [0.1, 0.15) is 0 Å². The van der Waals surface area contributed by atoms with E-state index in [2.05, 4.69) is 211 Å². The lowest BCUT2D eigenvalue weighted by atomic mass is 9.85. The zero-order valence-electron chi connectivity index (χ0n) is 36.8. The normalized spacial score (nSPS) is 11.5. The molecule has 4 nitrogen and oxygen atoms in total. The molecular formula is C63H40N4S. The zero-order valence-corrected chi connectivity index (χ0v) is 37.6. The second-order valence-electron chi connectivity index (χ2n) is 17.1. The van der Waals surface area contributed by atoms with Crippen molar-refractivity contribution in [2.45, 2.75) is 0 Å². The zero-order chi connectivity index (χ0) is 45.0. The minimum absolute atomic E-state index is 0.609. The first kappa shape index (κ1) is 39.6. The van der Waals surface area contributed by atoms with Gasteiger partial charge in [-0.2, -0.15) is 0 Å². The predicted octanol–water partition coefficient (Wildman–Crippen LogP) is 17.0. The van der Waals surface area contributed by atoms with E-state index < -0.39 is 0 Å². The molecule has 0 atom stereocenters. The number of rotatable bonds is 8. The summed E-state index contributed by atoms with van der Waals surface area (Å²) in [6, 6.07) is 86.4. The first-order chi connectivity index (χ1) is 33.7. The van der Waals surface area contributed by atoms with Crippen molar-refractivity contribution in [2.75, 3.05) is 0 Å². The second-order valence-corrected chi connectivity index (χ2v) is 18.1. The summed E-state index contributed by atoms with van der Waals surface area (Å²) < 4.78 is 4.89. The van der Waals surface area contributed by atoms with Crippen LogP contribution in [0.4, 0.5) is 0 Å². The molecule has 5 heteroatoms. The largest absolute Gasteiger partial charge is 0.309 e. The maximum absolute atomic E-state index is 5.39. The molecule has 0 aliphatic heterocycles. The van der Waals surface area contributed by atoms with Gasteiger partial charge in [-0.05, 0) is 69.3 Å². The summed E-state index contributed by atoms with van der Waals surface area (Å²) in [5.41, 5.74) is 15.3. The van der Waals surface area contributed by atoms with Crippen molar-refractivity contribution in [1.29, 1.82) is 0 Å². The van der Waals surface area contributed by atoms with E-state index in [9.17, 15) is 0 Å². The molecule has 0 N–H and O–H groups in total. The SMILES string of the molecule is c1ccc(-c2nc(-c3ccccc3)nc(-c3cc(-c4c(-c5ccccc5)cccc4-c4ccccc4)ccc3-c3cccc4c3sc3ccc5c6ccccc6n(-c6ccccc6)c5c34)n2)cc1. The van der Waals surface area contributed by atoms with Crippen molar-refractivity contribution < 1.29 is 0 Å². The van der Waals surface area contributed by atoms with Crippen LogP contribution in [0, 0.1) is 0 Å². The maximum Gasteiger partial charge on any atom is 0.164 e. The van der Waals surface area contributed by atoms with Crippen LogP contribution in [-0.4, -0.2) is 19.5 Å². The van der Waals surface area contributed by atoms with Crippen molar-refractivity contribution in [3.8, 4) is 84.4 Å². The van der Waals surface area contributed by atoms with Crippen LogP contribution >= 0.6 is 11.3 Å². The Hall–Kier alpha value is -8.77. The molecule has 3 heterocycles. The summed E-state index contributed by atoms with van der Waals surface area (Å²) in [7, 11) is 0. The first-order valence-corrected chi connectivity index (χ1v) is 23.8. The van der Waals surface area contributed by atoms with Gasteiger partial charge in [-0.15, -0.1) is 11.3 Å². The van der Waals surface area contributed by atoms with Gasteiger partial charge in [0.25, 0.3) is 0 Å². The molecule has 0 aliphatic carbocycles. The van der Waals surface area contributed by atoms with Crippen LogP contribution in [0.3, 0.4) is 0 Å². The highest BCUT2D eigenvalue weighted by Crippen LogP contribution is 2.49. The Kier molecular flexibility index (Phi) is 9.66. The van der Waals surface area contributed by atoms with Crippen molar-refractivity contribution in [3.63, 3.8) is 0 Å². The summed E-state index contributed by atoms with van der Waals surface area (Å²) in [5, 5.41) is 4.95. The van der Waals surface area contributed by atoms with E-state index in [4.69, 9.17) is 15.0 Å². The molecule has 0 spiro atoms. The van der Waals surface area contributed by atoms with Gasteiger partial charge in [-0.1, -0.05) is 212 Å². The van der Waals surface area contributed by atoms with E-state index in [1.54, 1.807) is 0 Å². The summed E-state index contributed by atoms with van der Waals surface area (Å²) in [5.74, 6) is 1.85. The Labute approximate surface area is 397 Å². The van der Waals surface area contributed by atoms with Crippen molar-refractivity contribution in [1.82, 2.24) is 19.5 Å². The van der Waals surface area contributed by atoms with Crippen LogP contribution in [-0.2, 0) is 0 Å². The smallest absolute Gasteiger partial charge is 0.164 e. The first-order valence-electron chi connectivity index (χ1n) is 22.9. The lowest BCUT2D eigenvalue weighted by molar-refractivity contribution is 1.07. The number of aromatic nitrogens is 4. The molecule has 318 valence electrons. The minimum Gasteiger partial charge on any atom is -0.309 e. The van der Waals surface area contributed by atoms with Crippen LogP contribution in [0.15, 0.2) is 243 Å². The number of para-hydroxylation sites is 2. The number of fused-ring (bicyclic) bond motifs is 7. The fourth-order valence-electron chi connectivity index (χ4n) is 10.0. The average molecular weight is 885 g/mol. The fraction of sp³-hybridized carbons (Fsp3) is 0. The van der Waals surface area contributed by atoms with E-state index in [1.807, 2.05) is 47.7 Å². The molecular weight excluding hydrogens is 845 g/mol. The third-order valence-electron chi connectivity index (χ3n) is 13.1. The van der Waals surface area contributed by atoms with Crippen molar-refractivity contribution >= 4 is 53.3 Å². The van der Waals surface area contributed by atoms with Gasteiger partial charge >= 0.3 is 0 Å². The van der Waals surface area contributed by atoms with Crippen LogP contribution in [0.25, 0.3) is 126 Å². The van der Waals surface area contributed by atoms with Crippen LogP contribution in [0.1, 0.15) is 0 Å². The van der Waals surface area contributed by atoms with Gasteiger partial charge in [-0.3, -0.25) is 0 Å². The summed E-state index contributed by atoms with van der Waals surface area (Å²) in [4.78, 5) is 15.9. The molecule has 0 radical (unpaired) electrons. The third kappa shape index (κ3) is 6.71. The van der Waals surface area contributed by atoms with Gasteiger partial charge in [-0.25, -0.2) is 15.0 Å². The second kappa shape index (κ2) is 16.6. The number of hydrogen-bond donors (Lipinski definition) is 0. The lowest BCUT2D eigenvalue weighted by Gasteiger charge is -2.19. The van der Waals surface area contributed by atoms with Gasteiger partial charge < -0.3 is 4.57 Å². The standard InChI is InChI=1S/C63H40N4S/c1-6-20-41(21-7-1)47-31-18-32-48(42-22-8-2-9-23-42)57(47)45-36-37-49(54(40-45)63-65-61(43-24-10-3-11-25-43)64-62(66-63)44-26-12-4-13-27-44)52-33-19-34-53-58-56(68-60(52)53)39-38-51-50-30-16-17-35-55(50)67(59(51)58)46-28-14-5-15-29-46/h1-40H. The van der Waals surface area contributed by atoms with Crippen LogP contribution < -0.4 is 0 Å². The molecule has 0 bridgehead atoms. The molecule has 13 rings (SSSR count). The molecule has 0 aliphatic rings. The molecule has 0 fully saturated rings. The van der Waals surface area contributed by atoms with E-state index in [1.165, 1.54) is 42.0 Å². The Morgan fingerprint density at radius 3 is 1.47 bits per heavy atom. The van der Waals surface area contributed by atoms with E-state index in [0.29, 0.717) is 17.5 Å². The highest BCUT2D eigenvalue weighted by Gasteiger charge is 2.24. The van der Waals surface area contributed by atoms with Crippen LogP contribution in [0.2, 0.25) is 0 Å². The van der Waals surface area contributed by atoms with Gasteiger partial charge in [0.05, 0.1) is 11.0 Å². The molecule has 68 heavy (non-hydrogen) atoms. The summed E-state index contributed by atoms with van der Waals surface area (Å²) in [6.07, 6.45) is 0. The molecule has 0 unspecified atom stereocenters. The minimum atomic E-state index is 0.609. The third-order valence-corrected chi connectivity index (χ3v) is 14.3. The monoisotopic (exact) mass is 884 g/mol. The Bertz CT molecular complexity index is 3880. The van der Waals surface area contributed by atoms with Crippen LogP contribution in [0.5, 0.6) is 0 Å². The topological polar surface area (TPSA) is 43.6 Å². The van der Waals surface area contributed by atoms with Gasteiger partial charge in [0, 0.05) is 58.9 Å². The summed E-state index contributed by atoms with van der Waals surface area (Å²) in [6.45, 7) is 0. The quantitative estimate of drug-likeness (QED) is 0.153. The number of nitrogens with zero attached hydrogens (tertiary/aromatic N) is 4. The Balaban J connectivity index is 1.12. The number of hydrogen-bond acceptors (Lipinski definition) is 4. The number of thiophene rings is 1. The molecule has 13 aromatic rings. The Morgan fingerprint density at radius 2 is 0.838 bits per heavy atom. The predicted molar refractivity (Wildman–Crippen MR) is 285 cm³/mol. The van der Waals surface area contributed by atoms with E-state index >= 15 is 0 Å². The molecule has 0 amide bonds. The van der Waals surface area contributed by atoms with Crippen molar-refractivity contribution in [3.05, 3.63) is 243 Å². The fourth-order valence-corrected chi connectivity index (χ4v) is 11.3. The average Bonchev–Trinajstić information content (AvgIpc) is 3.98. The number of benzene rings is 10. The van der Waals surface area contributed by atoms with E-state index in [-0.39, 0.29) is 0 Å². The molecule has 0 saturated carbocycles. The lowest BCUT2D eigenvalue weighted by Crippen LogP contribution is -2.01. The van der Waals surface area contributed by atoms with Gasteiger partial charge in [0.15, 0.2) is 17.5 Å². The summed E-state index contributed by atoms with van der Waals surface area (Å²) >= 11 is 1.85. The van der Waals surface area contributed by atoms with Crippen molar-refractivity contribution in [2.24, 2.45) is 0 Å². The maximum atomic E-state index is 5.39. The molecule has 10 aromatic carbocycles. The molecule has 3 aromatic heterocycles. The Morgan fingerprint density at radius 1 is 0.324 bits per heavy atom. The highest BCUT2D eigenvalue weighted by atomic mass is 32.1. The van der Waals surface area contributed by atoms with Gasteiger partial charge in [0.2, 0.25) is 0 Å². The van der Waals surface area contributed by atoms with E-state index in [0.717, 1.165) is 66.9 Å². The molecule has 0 saturated heterocycles. The highest BCUT2D eigenvalue weighted by molar-refractivity contribution is 7.26.